The topological polar surface area (TPSA) is 26.3 Å². The zero-order valence-corrected chi connectivity index (χ0v) is 13.9. The molecule has 1 fully saturated rings. The van der Waals surface area contributed by atoms with E-state index in [1.807, 2.05) is 44.2 Å². The number of hydrogen-bond acceptors (Lipinski definition) is 2. The second-order valence-electron chi connectivity index (χ2n) is 6.18. The number of carbonyl (C=O) groups is 1. The molecule has 0 saturated heterocycles. The van der Waals surface area contributed by atoms with Crippen LogP contribution in [0.4, 0.5) is 0 Å². The van der Waals surface area contributed by atoms with Crippen molar-refractivity contribution < 1.29 is 9.53 Å². The lowest BCUT2D eigenvalue weighted by Crippen LogP contribution is -2.17. The molecule has 0 N–H and O–H groups in total. The summed E-state index contributed by atoms with van der Waals surface area (Å²) in [5.41, 5.74) is 1.44. The van der Waals surface area contributed by atoms with Gasteiger partial charge in [-0.05, 0) is 32.6 Å². The average molecular weight is 306 g/mol. The summed E-state index contributed by atoms with van der Waals surface area (Å²) in [7, 11) is 0. The van der Waals surface area contributed by atoms with Crippen molar-refractivity contribution in [2.24, 2.45) is 11.3 Å². The summed E-state index contributed by atoms with van der Waals surface area (Å²) in [5.74, 6) is 9.26. The largest absolute Gasteiger partial charge is 0.444 e. The van der Waals surface area contributed by atoms with Gasteiger partial charge in [-0.3, -0.25) is 4.79 Å². The van der Waals surface area contributed by atoms with Crippen LogP contribution in [0.1, 0.15) is 45.3 Å². The Morgan fingerprint density at radius 3 is 2.43 bits per heavy atom. The van der Waals surface area contributed by atoms with Crippen molar-refractivity contribution in [3.63, 3.8) is 0 Å². The lowest BCUT2D eigenvalue weighted by Gasteiger charge is -2.19. The molecule has 0 aliphatic heterocycles. The number of ether oxygens (including phenoxy) is 1. The van der Waals surface area contributed by atoms with Crippen molar-refractivity contribution in [2.75, 3.05) is 0 Å². The molecule has 1 saturated carbocycles. The molecule has 118 valence electrons. The zero-order chi connectivity index (χ0) is 16.9. The van der Waals surface area contributed by atoms with E-state index in [1.54, 1.807) is 0 Å². The van der Waals surface area contributed by atoms with Gasteiger partial charge in [0.25, 0.3) is 0 Å². The molecule has 0 radical (unpaired) electrons. The van der Waals surface area contributed by atoms with Crippen molar-refractivity contribution in [3.8, 4) is 24.2 Å². The number of terminal acetylenes is 1. The first-order valence-corrected chi connectivity index (χ1v) is 7.85. The second kappa shape index (κ2) is 7.21. The summed E-state index contributed by atoms with van der Waals surface area (Å²) < 4.78 is 5.38. The van der Waals surface area contributed by atoms with Crippen LogP contribution in [0.3, 0.4) is 0 Å². The number of rotatable bonds is 4. The smallest absolute Gasteiger partial charge is 0.304 e. The van der Waals surface area contributed by atoms with E-state index >= 15 is 0 Å². The van der Waals surface area contributed by atoms with Gasteiger partial charge >= 0.3 is 5.97 Å². The van der Waals surface area contributed by atoms with Crippen molar-refractivity contribution in [1.82, 2.24) is 0 Å². The highest BCUT2D eigenvalue weighted by atomic mass is 16.5. The summed E-state index contributed by atoms with van der Waals surface area (Å²) in [5, 5.41) is 0. The first-order chi connectivity index (χ1) is 11.0. The molecule has 0 aromatic heterocycles. The molecule has 2 heteroatoms. The predicted molar refractivity (Wildman–Crippen MR) is 92.1 cm³/mol. The summed E-state index contributed by atoms with van der Waals surface area (Å²) in [6, 6.07) is 9.52. The van der Waals surface area contributed by atoms with E-state index in [0.717, 1.165) is 24.0 Å². The molecule has 0 bridgehead atoms. The Bertz CT molecular complexity index is 689. The Hall–Kier alpha value is -2.45. The van der Waals surface area contributed by atoms with Gasteiger partial charge in [0, 0.05) is 12.5 Å². The minimum absolute atomic E-state index is 0.354. The van der Waals surface area contributed by atoms with E-state index in [9.17, 15) is 4.79 Å². The van der Waals surface area contributed by atoms with E-state index in [2.05, 4.69) is 23.8 Å². The van der Waals surface area contributed by atoms with Crippen LogP contribution in [0.25, 0.3) is 0 Å². The van der Waals surface area contributed by atoms with Crippen LogP contribution in [-0.4, -0.2) is 5.97 Å². The van der Waals surface area contributed by atoms with E-state index in [1.165, 1.54) is 6.92 Å². The quantitative estimate of drug-likeness (QED) is 0.471. The molecule has 1 aromatic carbocycles. The summed E-state index contributed by atoms with van der Waals surface area (Å²) >= 11 is 0. The van der Waals surface area contributed by atoms with E-state index in [0.29, 0.717) is 5.92 Å². The highest BCUT2D eigenvalue weighted by Gasteiger charge is 2.41. The molecular weight excluding hydrogens is 284 g/mol. The third-order valence-electron chi connectivity index (χ3n) is 3.77. The molecular formula is C21H22O2. The lowest BCUT2D eigenvalue weighted by molar-refractivity contribution is -0.144. The number of carbonyl (C=O) groups excluding carboxylic acids is 1. The molecule has 2 rings (SSSR count). The van der Waals surface area contributed by atoms with Gasteiger partial charge in [0.05, 0.1) is 0 Å². The van der Waals surface area contributed by atoms with Crippen LogP contribution >= 0.6 is 0 Å². The molecule has 23 heavy (non-hydrogen) atoms. The number of hydrogen-bond donors (Lipinski definition) is 0. The van der Waals surface area contributed by atoms with E-state index < -0.39 is 11.5 Å². The normalized spacial score (nSPS) is 16.8. The Labute approximate surface area is 138 Å². The minimum atomic E-state index is -0.592. The van der Waals surface area contributed by atoms with Crippen LogP contribution in [-0.2, 0) is 9.53 Å². The van der Waals surface area contributed by atoms with E-state index in [-0.39, 0.29) is 5.97 Å². The number of benzene rings is 1. The van der Waals surface area contributed by atoms with Gasteiger partial charge in [0.15, 0.2) is 6.10 Å². The molecule has 0 spiro atoms. The maximum absolute atomic E-state index is 11.4. The van der Waals surface area contributed by atoms with Crippen LogP contribution in [0.2, 0.25) is 0 Å². The summed E-state index contributed by atoms with van der Waals surface area (Å²) in [4.78, 5) is 11.4. The molecule has 2 atom stereocenters. The molecule has 1 aliphatic carbocycles. The first-order valence-electron chi connectivity index (χ1n) is 7.85. The molecule has 1 aliphatic rings. The Morgan fingerprint density at radius 2 is 1.96 bits per heavy atom. The Kier molecular flexibility index (Phi) is 5.30. The monoisotopic (exact) mass is 306 g/mol. The minimum Gasteiger partial charge on any atom is -0.444 e. The van der Waals surface area contributed by atoms with Crippen molar-refractivity contribution in [2.45, 2.75) is 39.7 Å². The number of esters is 1. The Balaban J connectivity index is 2.38. The fourth-order valence-corrected chi connectivity index (χ4v) is 2.61. The zero-order valence-electron chi connectivity index (χ0n) is 13.9. The second-order valence-corrected chi connectivity index (χ2v) is 6.18. The highest BCUT2D eigenvalue weighted by Crippen LogP contribution is 2.46. The van der Waals surface area contributed by atoms with Crippen molar-refractivity contribution in [3.05, 3.63) is 47.5 Å². The molecule has 0 heterocycles. The summed E-state index contributed by atoms with van der Waals surface area (Å²) in [6.07, 6.45) is 9.47. The van der Waals surface area contributed by atoms with Gasteiger partial charge in [-0.25, -0.2) is 0 Å². The summed E-state index contributed by atoms with van der Waals surface area (Å²) in [6.45, 7) is 5.44. The van der Waals surface area contributed by atoms with Crippen LogP contribution in [0.5, 0.6) is 0 Å². The highest BCUT2D eigenvalue weighted by molar-refractivity contribution is 5.66. The number of allylic oxidation sites excluding steroid dienone is 2. The van der Waals surface area contributed by atoms with Gasteiger partial charge in [-0.2, -0.15) is 0 Å². The predicted octanol–water partition coefficient (Wildman–Crippen LogP) is 4.29. The third kappa shape index (κ3) is 4.51. The van der Waals surface area contributed by atoms with Crippen molar-refractivity contribution >= 4 is 5.97 Å². The maximum atomic E-state index is 11.4. The van der Waals surface area contributed by atoms with Gasteiger partial charge < -0.3 is 4.74 Å². The fourth-order valence-electron chi connectivity index (χ4n) is 2.61. The van der Waals surface area contributed by atoms with Crippen LogP contribution < -0.4 is 0 Å². The fraction of sp³-hybridized carbons (Fsp3) is 0.381. The lowest BCUT2D eigenvalue weighted by atomic mass is 9.82. The molecule has 1 aromatic rings. The van der Waals surface area contributed by atoms with E-state index in [4.69, 9.17) is 11.2 Å². The van der Waals surface area contributed by atoms with Crippen LogP contribution in [0, 0.1) is 35.5 Å². The van der Waals surface area contributed by atoms with Gasteiger partial charge in [0.1, 0.15) is 5.41 Å². The maximum Gasteiger partial charge on any atom is 0.304 e. The third-order valence-corrected chi connectivity index (χ3v) is 3.77. The Morgan fingerprint density at radius 1 is 1.30 bits per heavy atom. The molecule has 2 nitrogen and oxygen atoms in total. The average Bonchev–Trinajstić information content (AvgIpc) is 3.35. The van der Waals surface area contributed by atoms with Crippen LogP contribution in [0.15, 0.2) is 42.0 Å². The SMILES string of the molecule is C#CC(C#CC(OC(C)=O)c1ccccc1)(C=C(C)C)C1CC1. The van der Waals surface area contributed by atoms with Gasteiger partial charge in [0.2, 0.25) is 0 Å². The van der Waals surface area contributed by atoms with Gasteiger partial charge in [-0.15, -0.1) is 6.42 Å². The van der Waals surface area contributed by atoms with Gasteiger partial charge in [-0.1, -0.05) is 59.7 Å². The standard InChI is InChI=1S/C21H22O2/c1-5-21(15-16(2)3,19-11-12-19)14-13-20(23-17(4)22)18-9-7-6-8-10-18/h1,6-10,15,19-20H,11-12H2,2-4H3. The molecule has 2 unspecified atom stereocenters. The van der Waals surface area contributed by atoms with Crippen molar-refractivity contribution in [1.29, 1.82) is 0 Å². The molecule has 0 amide bonds. The first kappa shape index (κ1) is 16.9.